The molecular formula is C25H27NO4. The Morgan fingerprint density at radius 2 is 1.57 bits per heavy atom. The second-order valence-electron chi connectivity index (χ2n) is 7.60. The lowest BCUT2D eigenvalue weighted by Crippen LogP contribution is -2.35. The molecule has 30 heavy (non-hydrogen) atoms. The monoisotopic (exact) mass is 405 g/mol. The fourth-order valence-corrected chi connectivity index (χ4v) is 4.13. The smallest absolute Gasteiger partial charge is 0.254 e. The number of rotatable bonds is 7. The third-order valence-electron chi connectivity index (χ3n) is 5.78. The Hall–Kier alpha value is -3.21. The molecule has 0 bridgehead atoms. The zero-order valence-electron chi connectivity index (χ0n) is 17.8. The molecule has 1 amide bonds. The number of benzene rings is 3. The Morgan fingerprint density at radius 1 is 0.933 bits per heavy atom. The van der Waals surface area contributed by atoms with Crippen molar-refractivity contribution in [3.8, 4) is 17.2 Å². The molecular weight excluding hydrogens is 378 g/mol. The van der Waals surface area contributed by atoms with Crippen LogP contribution in [0.5, 0.6) is 17.2 Å². The van der Waals surface area contributed by atoms with E-state index >= 15 is 0 Å². The first-order valence-electron chi connectivity index (χ1n) is 10.2. The molecule has 3 aromatic carbocycles. The van der Waals surface area contributed by atoms with Crippen molar-refractivity contribution in [2.75, 3.05) is 21.3 Å². The minimum atomic E-state index is -0.0600. The van der Waals surface area contributed by atoms with E-state index in [1.54, 1.807) is 33.5 Å². The topological polar surface area (TPSA) is 48.0 Å². The van der Waals surface area contributed by atoms with Crippen LogP contribution in [-0.4, -0.2) is 38.2 Å². The Morgan fingerprint density at radius 3 is 2.17 bits per heavy atom. The van der Waals surface area contributed by atoms with Crippen molar-refractivity contribution in [1.29, 1.82) is 0 Å². The molecule has 1 aliphatic carbocycles. The number of carbonyl (C=O) groups is 1. The number of carbonyl (C=O) groups excluding carboxylic acids is 1. The first kappa shape index (κ1) is 20.1. The first-order valence-corrected chi connectivity index (χ1v) is 10.2. The maximum absolute atomic E-state index is 13.7. The van der Waals surface area contributed by atoms with Crippen LogP contribution in [0, 0.1) is 0 Å². The van der Waals surface area contributed by atoms with Gasteiger partial charge in [0.1, 0.15) is 0 Å². The van der Waals surface area contributed by atoms with Gasteiger partial charge in [0.05, 0.1) is 27.4 Å². The first-order chi connectivity index (χ1) is 14.6. The van der Waals surface area contributed by atoms with Crippen molar-refractivity contribution in [1.82, 2.24) is 4.90 Å². The van der Waals surface area contributed by atoms with Crippen molar-refractivity contribution < 1.29 is 19.0 Å². The van der Waals surface area contributed by atoms with E-state index < -0.39 is 0 Å². The summed E-state index contributed by atoms with van der Waals surface area (Å²) in [7, 11) is 4.67. The van der Waals surface area contributed by atoms with Gasteiger partial charge >= 0.3 is 0 Å². The maximum atomic E-state index is 13.7. The summed E-state index contributed by atoms with van der Waals surface area (Å²) in [6.07, 6.45) is 2.04. The van der Waals surface area contributed by atoms with Gasteiger partial charge in [-0.3, -0.25) is 4.79 Å². The van der Waals surface area contributed by atoms with E-state index in [4.69, 9.17) is 14.2 Å². The molecule has 5 nitrogen and oxygen atoms in total. The third-order valence-corrected chi connectivity index (χ3v) is 5.78. The van der Waals surface area contributed by atoms with Crippen LogP contribution in [0.25, 0.3) is 10.8 Å². The second kappa shape index (κ2) is 8.27. The van der Waals surface area contributed by atoms with Gasteiger partial charge in [0.2, 0.25) is 5.75 Å². The standard InChI is InChI=1S/C25H27NO4/c1-16(20-11-7-9-17-8-5-6-10-21(17)20)26(19-12-13-19)25(27)18-14-22(28-2)24(30-4)23(15-18)29-3/h5-11,14-16,19H,12-13H2,1-4H3. The summed E-state index contributed by atoms with van der Waals surface area (Å²) < 4.78 is 16.3. The van der Waals surface area contributed by atoms with Crippen LogP contribution in [0.15, 0.2) is 54.6 Å². The normalized spacial score (nSPS) is 14.3. The molecule has 4 rings (SSSR count). The molecule has 0 aliphatic heterocycles. The fraction of sp³-hybridized carbons (Fsp3) is 0.320. The van der Waals surface area contributed by atoms with E-state index in [-0.39, 0.29) is 18.0 Å². The molecule has 0 spiro atoms. The lowest BCUT2D eigenvalue weighted by atomic mass is 9.98. The van der Waals surface area contributed by atoms with E-state index in [0.717, 1.165) is 18.4 Å². The Bertz CT molecular complexity index is 1040. The molecule has 3 aromatic rings. The summed E-state index contributed by atoms with van der Waals surface area (Å²) in [5, 5.41) is 2.36. The quantitative estimate of drug-likeness (QED) is 0.540. The van der Waals surface area contributed by atoms with E-state index in [1.165, 1.54) is 10.8 Å². The third kappa shape index (κ3) is 3.56. The molecule has 5 heteroatoms. The molecule has 1 aliphatic rings. The number of fused-ring (bicyclic) bond motifs is 1. The Kier molecular flexibility index (Phi) is 5.53. The van der Waals surface area contributed by atoms with Crippen LogP contribution < -0.4 is 14.2 Å². The van der Waals surface area contributed by atoms with E-state index in [1.807, 2.05) is 17.0 Å². The molecule has 1 unspecified atom stereocenters. The zero-order chi connectivity index (χ0) is 21.3. The highest BCUT2D eigenvalue weighted by atomic mass is 16.5. The summed E-state index contributed by atoms with van der Waals surface area (Å²) in [5.41, 5.74) is 1.68. The summed E-state index contributed by atoms with van der Waals surface area (Å²) >= 11 is 0. The van der Waals surface area contributed by atoms with Crippen LogP contribution >= 0.6 is 0 Å². The van der Waals surface area contributed by atoms with Gasteiger partial charge in [-0.1, -0.05) is 42.5 Å². The van der Waals surface area contributed by atoms with Crippen molar-refractivity contribution in [2.24, 2.45) is 0 Å². The molecule has 156 valence electrons. The summed E-state index contributed by atoms with van der Waals surface area (Å²) in [6.45, 7) is 2.11. The second-order valence-corrected chi connectivity index (χ2v) is 7.60. The van der Waals surface area contributed by atoms with Gasteiger partial charge in [0, 0.05) is 11.6 Å². The number of ether oxygens (including phenoxy) is 3. The largest absolute Gasteiger partial charge is 0.493 e. The van der Waals surface area contributed by atoms with Gasteiger partial charge in [-0.2, -0.15) is 0 Å². The maximum Gasteiger partial charge on any atom is 0.254 e. The molecule has 0 radical (unpaired) electrons. The summed E-state index contributed by atoms with van der Waals surface area (Å²) in [5.74, 6) is 1.41. The minimum absolute atomic E-state index is 0.0304. The predicted octanol–water partition coefficient (Wildman–Crippen LogP) is 5.23. The SMILES string of the molecule is COc1cc(C(=O)N(C2CC2)C(C)c2cccc3ccccc23)cc(OC)c1OC. The lowest BCUT2D eigenvalue weighted by molar-refractivity contribution is 0.0674. The van der Waals surface area contributed by atoms with Crippen LogP contribution in [0.3, 0.4) is 0 Å². The minimum Gasteiger partial charge on any atom is -0.493 e. The highest BCUT2D eigenvalue weighted by Crippen LogP contribution is 2.41. The Balaban J connectivity index is 1.76. The number of nitrogens with zero attached hydrogens (tertiary/aromatic N) is 1. The van der Waals surface area contributed by atoms with E-state index in [0.29, 0.717) is 22.8 Å². The number of hydrogen-bond donors (Lipinski definition) is 0. The molecule has 1 fully saturated rings. The molecule has 0 N–H and O–H groups in total. The van der Waals surface area contributed by atoms with Crippen LogP contribution in [0.1, 0.15) is 41.7 Å². The van der Waals surface area contributed by atoms with Crippen molar-refractivity contribution in [3.05, 3.63) is 65.7 Å². The molecule has 0 saturated heterocycles. The predicted molar refractivity (Wildman–Crippen MR) is 118 cm³/mol. The lowest BCUT2D eigenvalue weighted by Gasteiger charge is -2.31. The van der Waals surface area contributed by atoms with Gasteiger partial charge in [0.15, 0.2) is 11.5 Å². The summed E-state index contributed by atoms with van der Waals surface area (Å²) in [6, 6.07) is 18.2. The fourth-order valence-electron chi connectivity index (χ4n) is 4.13. The van der Waals surface area contributed by atoms with Gasteiger partial charge in [0.25, 0.3) is 5.91 Å². The number of hydrogen-bond acceptors (Lipinski definition) is 4. The van der Waals surface area contributed by atoms with Crippen LogP contribution in [-0.2, 0) is 0 Å². The van der Waals surface area contributed by atoms with Crippen molar-refractivity contribution in [2.45, 2.75) is 31.8 Å². The highest BCUT2D eigenvalue weighted by molar-refractivity contribution is 5.97. The number of methoxy groups -OCH3 is 3. The Labute approximate surface area is 177 Å². The van der Waals surface area contributed by atoms with Gasteiger partial charge < -0.3 is 19.1 Å². The number of amides is 1. The summed E-state index contributed by atoms with van der Waals surface area (Å²) in [4.78, 5) is 15.7. The molecule has 1 atom stereocenters. The van der Waals surface area contributed by atoms with Crippen molar-refractivity contribution in [3.63, 3.8) is 0 Å². The molecule has 1 saturated carbocycles. The highest BCUT2D eigenvalue weighted by Gasteiger charge is 2.37. The van der Waals surface area contributed by atoms with Gasteiger partial charge in [-0.25, -0.2) is 0 Å². The van der Waals surface area contributed by atoms with E-state index in [2.05, 4.69) is 37.3 Å². The van der Waals surface area contributed by atoms with Gasteiger partial charge in [-0.05, 0) is 48.2 Å². The molecule has 0 aromatic heterocycles. The zero-order valence-corrected chi connectivity index (χ0v) is 17.8. The molecule has 0 heterocycles. The van der Waals surface area contributed by atoms with Gasteiger partial charge in [-0.15, -0.1) is 0 Å². The average Bonchev–Trinajstić information content (AvgIpc) is 3.62. The van der Waals surface area contributed by atoms with Crippen LogP contribution in [0.4, 0.5) is 0 Å². The van der Waals surface area contributed by atoms with Crippen molar-refractivity contribution >= 4 is 16.7 Å². The van der Waals surface area contributed by atoms with Crippen LogP contribution in [0.2, 0.25) is 0 Å². The van der Waals surface area contributed by atoms with E-state index in [9.17, 15) is 4.79 Å². The average molecular weight is 405 g/mol.